The maximum atomic E-state index is 11.7. The molecular weight excluding hydrogens is 466 g/mol. The molecule has 8 heteroatoms. The molecule has 0 radical (unpaired) electrons. The van der Waals surface area contributed by atoms with Gasteiger partial charge in [0.15, 0.2) is 0 Å². The first-order chi connectivity index (χ1) is 17.1. The van der Waals surface area contributed by atoms with Gasteiger partial charge in [-0.2, -0.15) is 0 Å². The lowest BCUT2D eigenvalue weighted by molar-refractivity contribution is -0.118. The minimum atomic E-state index is -0.387. The topological polar surface area (TPSA) is 105 Å². The number of aliphatic hydroxyl groups is 2. The Labute approximate surface area is 208 Å². The van der Waals surface area contributed by atoms with Crippen LogP contribution < -0.4 is 14.8 Å². The average molecular weight is 494 g/mol. The highest BCUT2D eigenvalue weighted by Crippen LogP contribution is 2.29. The van der Waals surface area contributed by atoms with Crippen LogP contribution >= 0.6 is 11.8 Å². The molecule has 0 bridgehead atoms. The van der Waals surface area contributed by atoms with Crippen molar-refractivity contribution in [3.63, 3.8) is 0 Å². The molecule has 1 fully saturated rings. The summed E-state index contributed by atoms with van der Waals surface area (Å²) < 4.78 is 11.6. The average Bonchev–Trinajstić information content (AvgIpc) is 3.20. The van der Waals surface area contributed by atoms with E-state index in [2.05, 4.69) is 5.32 Å². The lowest BCUT2D eigenvalue weighted by atomic mass is 9.98. The Morgan fingerprint density at radius 1 is 0.886 bits per heavy atom. The molecule has 1 saturated heterocycles. The number of hydrogen-bond donors (Lipinski definition) is 3. The fourth-order valence-electron chi connectivity index (χ4n) is 3.79. The fraction of sp³-hybridized carbons (Fsp3) is 0.259. The number of aliphatic hydroxyl groups excluding tert-OH is 2. The molecule has 3 N–H and O–H groups in total. The second kappa shape index (κ2) is 11.9. The van der Waals surface area contributed by atoms with Gasteiger partial charge >= 0.3 is 0 Å². The summed E-state index contributed by atoms with van der Waals surface area (Å²) in [4.78, 5) is 23.1. The normalized spacial score (nSPS) is 15.2. The summed E-state index contributed by atoms with van der Waals surface area (Å²) >= 11 is 1.02. The van der Waals surface area contributed by atoms with Gasteiger partial charge in [0.2, 0.25) is 5.91 Å². The number of imide groups is 1. The maximum Gasteiger partial charge on any atom is 0.286 e. The molecule has 1 aliphatic heterocycles. The highest BCUT2D eigenvalue weighted by molar-refractivity contribution is 8.15. The minimum absolute atomic E-state index is 0.0739. The molecule has 1 atom stereocenters. The van der Waals surface area contributed by atoms with Gasteiger partial charge in [0.05, 0.1) is 18.5 Å². The van der Waals surface area contributed by atoms with Crippen LogP contribution in [0.3, 0.4) is 0 Å². The summed E-state index contributed by atoms with van der Waals surface area (Å²) in [6.07, 6.45) is 1.04. The van der Waals surface area contributed by atoms with Crippen LogP contribution in [0.15, 0.2) is 66.7 Å². The molecule has 35 heavy (non-hydrogen) atoms. The van der Waals surface area contributed by atoms with Crippen LogP contribution in [0, 0.1) is 0 Å². The number of rotatable bonds is 11. The quantitative estimate of drug-likeness (QED) is 0.346. The second-order valence-corrected chi connectivity index (χ2v) is 9.30. The third-order valence-electron chi connectivity index (χ3n) is 5.57. The lowest BCUT2D eigenvalue weighted by Gasteiger charge is -2.13. The number of carbonyl (C=O) groups excluding carboxylic acids is 2. The van der Waals surface area contributed by atoms with Gasteiger partial charge in [-0.15, -0.1) is 0 Å². The van der Waals surface area contributed by atoms with Crippen LogP contribution in [0.2, 0.25) is 0 Å². The van der Waals surface area contributed by atoms with Crippen LogP contribution in [0.5, 0.6) is 11.5 Å². The summed E-state index contributed by atoms with van der Waals surface area (Å²) in [5.74, 6) is 1.13. The molecule has 1 heterocycles. The molecule has 0 aliphatic carbocycles. The molecule has 3 aromatic carbocycles. The zero-order chi connectivity index (χ0) is 24.6. The second-order valence-electron chi connectivity index (χ2n) is 8.12. The molecule has 0 spiro atoms. The SMILES string of the molecule is O=C1NC(=O)C(Cc2ccc(OCc3cccc(-c4ccc(OCCCO)cc4CO)c3)cc2)S1. The number of carbonyl (C=O) groups is 2. The van der Waals surface area contributed by atoms with Crippen molar-refractivity contribution < 1.29 is 29.3 Å². The van der Waals surface area contributed by atoms with Gasteiger partial charge in [-0.05, 0) is 64.6 Å². The van der Waals surface area contributed by atoms with Gasteiger partial charge in [0.25, 0.3) is 5.24 Å². The Morgan fingerprint density at radius 2 is 1.69 bits per heavy atom. The Hall–Kier alpha value is -3.33. The maximum absolute atomic E-state index is 11.7. The third kappa shape index (κ3) is 6.63. The van der Waals surface area contributed by atoms with Gasteiger partial charge in [-0.3, -0.25) is 14.9 Å². The van der Waals surface area contributed by atoms with Crippen molar-refractivity contribution >= 4 is 22.9 Å². The zero-order valence-corrected chi connectivity index (χ0v) is 19.9. The van der Waals surface area contributed by atoms with E-state index >= 15 is 0 Å². The Balaban J connectivity index is 1.38. The molecule has 0 saturated carbocycles. The van der Waals surface area contributed by atoms with Crippen LogP contribution in [-0.2, 0) is 24.4 Å². The predicted molar refractivity (Wildman–Crippen MR) is 134 cm³/mol. The summed E-state index contributed by atoms with van der Waals surface area (Å²) in [6.45, 7) is 0.752. The Morgan fingerprint density at radius 3 is 2.40 bits per heavy atom. The van der Waals surface area contributed by atoms with Crippen molar-refractivity contribution in [1.82, 2.24) is 5.32 Å². The smallest absolute Gasteiger partial charge is 0.286 e. The standard InChI is InChI=1S/C27H27NO6S/c29-11-2-12-33-23-9-10-24(21(15-23)16-30)20-4-1-3-19(13-20)17-34-22-7-5-18(6-8-22)14-25-26(31)28-27(32)35-25/h1,3-10,13,15,25,29-30H,2,11-12,14,16-17H2,(H,28,31,32). The molecular formula is C27H27NO6S. The first kappa shape index (κ1) is 24.8. The van der Waals surface area contributed by atoms with Crippen molar-refractivity contribution in [2.24, 2.45) is 0 Å². The fourth-order valence-corrected chi connectivity index (χ4v) is 4.65. The van der Waals surface area contributed by atoms with E-state index < -0.39 is 0 Å². The van der Waals surface area contributed by atoms with Crippen LogP contribution in [0.25, 0.3) is 11.1 Å². The highest BCUT2D eigenvalue weighted by Gasteiger charge is 2.31. The molecule has 2 amide bonds. The number of thioether (sulfide) groups is 1. The summed E-state index contributed by atoms with van der Waals surface area (Å²) in [5, 5.41) is 20.4. The van der Waals surface area contributed by atoms with Gasteiger partial charge in [-0.1, -0.05) is 48.2 Å². The Kier molecular flexibility index (Phi) is 8.41. The van der Waals surface area contributed by atoms with E-state index in [1.807, 2.05) is 66.7 Å². The summed E-state index contributed by atoms with van der Waals surface area (Å²) in [6, 6.07) is 21.1. The number of benzene rings is 3. The zero-order valence-electron chi connectivity index (χ0n) is 19.1. The number of nitrogens with one attached hydrogen (secondary N) is 1. The molecule has 3 aromatic rings. The van der Waals surface area contributed by atoms with Crippen LogP contribution in [0.1, 0.15) is 23.1 Å². The molecule has 4 rings (SSSR count). The van der Waals surface area contributed by atoms with Crippen molar-refractivity contribution in [1.29, 1.82) is 0 Å². The first-order valence-corrected chi connectivity index (χ1v) is 12.2. The van der Waals surface area contributed by atoms with Crippen molar-refractivity contribution in [3.8, 4) is 22.6 Å². The van der Waals surface area contributed by atoms with E-state index in [-0.39, 0.29) is 29.6 Å². The van der Waals surface area contributed by atoms with Gasteiger partial charge < -0.3 is 19.7 Å². The summed E-state index contributed by atoms with van der Waals surface area (Å²) in [5.41, 5.74) is 4.59. The molecule has 7 nitrogen and oxygen atoms in total. The number of amides is 2. The van der Waals surface area contributed by atoms with Crippen LogP contribution in [0.4, 0.5) is 4.79 Å². The van der Waals surface area contributed by atoms with Crippen LogP contribution in [-0.4, -0.2) is 39.8 Å². The molecule has 0 aromatic heterocycles. The summed E-state index contributed by atoms with van der Waals surface area (Å²) in [7, 11) is 0. The monoisotopic (exact) mass is 493 g/mol. The van der Waals surface area contributed by atoms with E-state index in [0.717, 1.165) is 39.6 Å². The number of hydrogen-bond acceptors (Lipinski definition) is 7. The predicted octanol–water partition coefficient (Wildman–Crippen LogP) is 4.08. The molecule has 1 aliphatic rings. The number of ether oxygens (including phenoxy) is 2. The minimum Gasteiger partial charge on any atom is -0.493 e. The van der Waals surface area contributed by atoms with E-state index in [4.69, 9.17) is 14.6 Å². The van der Waals surface area contributed by atoms with E-state index in [1.54, 1.807) is 0 Å². The molecule has 182 valence electrons. The molecule has 1 unspecified atom stereocenters. The van der Waals surface area contributed by atoms with E-state index in [9.17, 15) is 14.7 Å². The lowest BCUT2D eigenvalue weighted by Crippen LogP contribution is -2.25. The van der Waals surface area contributed by atoms with Crippen molar-refractivity contribution in [3.05, 3.63) is 83.4 Å². The van der Waals surface area contributed by atoms with Gasteiger partial charge in [-0.25, -0.2) is 0 Å². The first-order valence-electron chi connectivity index (χ1n) is 11.4. The highest BCUT2D eigenvalue weighted by atomic mass is 32.2. The third-order valence-corrected chi connectivity index (χ3v) is 6.55. The van der Waals surface area contributed by atoms with Crippen molar-refractivity contribution in [2.45, 2.75) is 31.3 Å². The van der Waals surface area contributed by atoms with Gasteiger partial charge in [0, 0.05) is 13.0 Å². The Bertz CT molecular complexity index is 1180. The van der Waals surface area contributed by atoms with Gasteiger partial charge in [0.1, 0.15) is 18.1 Å². The van der Waals surface area contributed by atoms with E-state index in [0.29, 0.717) is 37.6 Å². The van der Waals surface area contributed by atoms with Crippen molar-refractivity contribution in [2.75, 3.05) is 13.2 Å². The largest absolute Gasteiger partial charge is 0.493 e. The van der Waals surface area contributed by atoms with E-state index in [1.165, 1.54) is 0 Å².